The molecule has 3 aromatic carbocycles. The molecule has 8 heteroatoms. The number of aryl methyl sites for hydroxylation is 1. The summed E-state index contributed by atoms with van der Waals surface area (Å²) in [4.78, 5) is 26.3. The Hall–Kier alpha value is -4.72. The summed E-state index contributed by atoms with van der Waals surface area (Å²) in [6.45, 7) is 0.361. The molecule has 0 aliphatic rings. The van der Waals surface area contributed by atoms with Gasteiger partial charge in [0, 0.05) is 41.8 Å². The summed E-state index contributed by atoms with van der Waals surface area (Å²) in [5.41, 5.74) is 3.38. The van der Waals surface area contributed by atoms with Gasteiger partial charge in [0.2, 0.25) is 0 Å². The number of amides is 2. The van der Waals surface area contributed by atoms with Crippen molar-refractivity contribution in [1.82, 2.24) is 15.2 Å². The summed E-state index contributed by atoms with van der Waals surface area (Å²) in [5, 5.41) is 6.70. The van der Waals surface area contributed by atoms with Crippen LogP contribution in [-0.4, -0.2) is 44.3 Å². The van der Waals surface area contributed by atoms with Crippen LogP contribution in [-0.2, 0) is 18.3 Å². The number of ether oxygens (including phenoxy) is 3. The topological polar surface area (TPSA) is 90.8 Å². The third kappa shape index (κ3) is 5.98. The number of hydrogen-bond acceptors (Lipinski definition) is 5. The van der Waals surface area contributed by atoms with Gasteiger partial charge in [-0.3, -0.25) is 9.59 Å². The number of nitrogens with one attached hydrogen (secondary N) is 2. The van der Waals surface area contributed by atoms with Crippen molar-refractivity contribution in [1.29, 1.82) is 0 Å². The Morgan fingerprint density at radius 1 is 0.895 bits per heavy atom. The van der Waals surface area contributed by atoms with Gasteiger partial charge in [0.1, 0.15) is 11.4 Å². The van der Waals surface area contributed by atoms with Crippen molar-refractivity contribution >= 4 is 28.8 Å². The molecule has 2 amide bonds. The molecule has 0 aliphatic carbocycles. The lowest BCUT2D eigenvalue weighted by atomic mass is 10.1. The second-order valence-corrected chi connectivity index (χ2v) is 8.65. The molecule has 1 heterocycles. The van der Waals surface area contributed by atoms with Gasteiger partial charge in [-0.05, 0) is 60.5 Å². The van der Waals surface area contributed by atoms with Crippen LogP contribution >= 0.6 is 0 Å². The van der Waals surface area contributed by atoms with E-state index in [2.05, 4.69) is 10.6 Å². The Labute approximate surface area is 221 Å². The summed E-state index contributed by atoms with van der Waals surface area (Å²) in [6.07, 6.45) is 4.21. The Morgan fingerprint density at radius 3 is 2.34 bits per heavy atom. The first-order valence-corrected chi connectivity index (χ1v) is 12.1. The van der Waals surface area contributed by atoms with Gasteiger partial charge in [-0.1, -0.05) is 24.3 Å². The Balaban J connectivity index is 1.56. The molecule has 0 bridgehead atoms. The average molecular weight is 514 g/mol. The van der Waals surface area contributed by atoms with Crippen LogP contribution in [0.2, 0.25) is 0 Å². The van der Waals surface area contributed by atoms with Crippen molar-refractivity contribution in [3.8, 4) is 17.2 Å². The van der Waals surface area contributed by atoms with Gasteiger partial charge in [0.15, 0.2) is 11.5 Å². The third-order valence-corrected chi connectivity index (χ3v) is 6.22. The van der Waals surface area contributed by atoms with Crippen molar-refractivity contribution < 1.29 is 23.8 Å². The first kappa shape index (κ1) is 26.3. The fraction of sp³-hybridized carbons (Fsp3) is 0.200. The molecule has 8 nitrogen and oxygen atoms in total. The zero-order chi connectivity index (χ0) is 27.1. The predicted octanol–water partition coefficient (Wildman–Crippen LogP) is 4.33. The monoisotopic (exact) mass is 513 g/mol. The Kier molecular flexibility index (Phi) is 8.33. The SMILES string of the molecule is COc1ccc(C(=O)NC(=Cc2cn(C)c3ccccc23)C(=O)NCCc2ccc(OC)c(OC)c2)cc1. The van der Waals surface area contributed by atoms with Gasteiger partial charge in [-0.15, -0.1) is 0 Å². The number of benzene rings is 3. The van der Waals surface area contributed by atoms with Crippen LogP contribution < -0.4 is 24.8 Å². The Morgan fingerprint density at radius 2 is 1.63 bits per heavy atom. The van der Waals surface area contributed by atoms with E-state index in [1.807, 2.05) is 60.3 Å². The minimum absolute atomic E-state index is 0.148. The summed E-state index contributed by atoms with van der Waals surface area (Å²) < 4.78 is 17.8. The third-order valence-electron chi connectivity index (χ3n) is 6.22. The zero-order valence-corrected chi connectivity index (χ0v) is 21.9. The van der Waals surface area contributed by atoms with E-state index in [1.165, 1.54) is 0 Å². The van der Waals surface area contributed by atoms with Crippen LogP contribution in [0.1, 0.15) is 21.5 Å². The van der Waals surface area contributed by atoms with E-state index in [0.29, 0.717) is 35.8 Å². The Bertz CT molecular complexity index is 1470. The predicted molar refractivity (Wildman–Crippen MR) is 148 cm³/mol. The molecule has 0 aliphatic heterocycles. The van der Waals surface area contributed by atoms with E-state index in [1.54, 1.807) is 51.7 Å². The fourth-order valence-corrected chi connectivity index (χ4v) is 4.19. The highest BCUT2D eigenvalue weighted by molar-refractivity contribution is 6.06. The number of methoxy groups -OCH3 is 3. The van der Waals surface area contributed by atoms with Crippen LogP contribution in [0.5, 0.6) is 17.2 Å². The smallest absolute Gasteiger partial charge is 0.267 e. The van der Waals surface area contributed by atoms with E-state index < -0.39 is 5.91 Å². The minimum Gasteiger partial charge on any atom is -0.497 e. The second kappa shape index (κ2) is 12.0. The zero-order valence-electron chi connectivity index (χ0n) is 21.9. The molecule has 38 heavy (non-hydrogen) atoms. The summed E-state index contributed by atoms with van der Waals surface area (Å²) >= 11 is 0. The van der Waals surface area contributed by atoms with Crippen LogP contribution in [0.15, 0.2) is 78.6 Å². The largest absolute Gasteiger partial charge is 0.497 e. The highest BCUT2D eigenvalue weighted by atomic mass is 16.5. The van der Waals surface area contributed by atoms with E-state index >= 15 is 0 Å². The molecule has 0 spiro atoms. The van der Waals surface area contributed by atoms with Gasteiger partial charge >= 0.3 is 0 Å². The molecular weight excluding hydrogens is 482 g/mol. The molecule has 4 aromatic rings. The van der Waals surface area contributed by atoms with Crippen LogP contribution in [0.25, 0.3) is 17.0 Å². The molecule has 0 radical (unpaired) electrons. The lowest BCUT2D eigenvalue weighted by Gasteiger charge is -2.12. The summed E-state index contributed by atoms with van der Waals surface area (Å²) in [6, 6.07) is 20.2. The number of aromatic nitrogens is 1. The van der Waals surface area contributed by atoms with Crippen molar-refractivity contribution in [2.45, 2.75) is 6.42 Å². The highest BCUT2D eigenvalue weighted by Gasteiger charge is 2.16. The number of rotatable bonds is 10. The lowest BCUT2D eigenvalue weighted by molar-refractivity contribution is -0.117. The van der Waals surface area contributed by atoms with Gasteiger partial charge in [0.05, 0.1) is 21.3 Å². The minimum atomic E-state index is -0.394. The molecule has 196 valence electrons. The van der Waals surface area contributed by atoms with Crippen molar-refractivity contribution in [2.75, 3.05) is 27.9 Å². The summed E-state index contributed by atoms with van der Waals surface area (Å²) in [5.74, 6) is 1.12. The van der Waals surface area contributed by atoms with Crippen molar-refractivity contribution in [3.05, 3.63) is 95.3 Å². The van der Waals surface area contributed by atoms with Crippen LogP contribution in [0.3, 0.4) is 0 Å². The first-order chi connectivity index (χ1) is 18.4. The maximum absolute atomic E-state index is 13.3. The molecule has 2 N–H and O–H groups in total. The molecule has 0 unspecified atom stereocenters. The maximum Gasteiger partial charge on any atom is 0.267 e. The molecular formula is C30H31N3O5. The number of hydrogen-bond donors (Lipinski definition) is 2. The molecule has 0 saturated carbocycles. The lowest BCUT2D eigenvalue weighted by Crippen LogP contribution is -2.35. The molecule has 0 atom stereocenters. The van der Waals surface area contributed by atoms with Crippen molar-refractivity contribution in [2.24, 2.45) is 7.05 Å². The number of carbonyl (C=O) groups is 2. The van der Waals surface area contributed by atoms with Gasteiger partial charge in [0.25, 0.3) is 11.8 Å². The molecule has 1 aromatic heterocycles. The van der Waals surface area contributed by atoms with E-state index in [9.17, 15) is 9.59 Å². The van der Waals surface area contributed by atoms with Crippen LogP contribution in [0.4, 0.5) is 0 Å². The van der Waals surface area contributed by atoms with Gasteiger partial charge in [-0.25, -0.2) is 0 Å². The van der Waals surface area contributed by atoms with E-state index in [0.717, 1.165) is 22.0 Å². The number of carbonyl (C=O) groups excluding carboxylic acids is 2. The number of nitrogens with zero attached hydrogens (tertiary/aromatic N) is 1. The standard InChI is InChI=1S/C30H31N3O5/c1-33-19-22(24-7-5-6-8-26(24)33)18-25(32-29(34)21-10-12-23(36-2)13-11-21)30(35)31-16-15-20-9-14-27(37-3)28(17-20)38-4/h5-14,17-19H,15-16H2,1-4H3,(H,31,35)(H,32,34). The normalized spacial score (nSPS) is 11.2. The van der Waals surface area contributed by atoms with Gasteiger partial charge in [-0.2, -0.15) is 0 Å². The summed E-state index contributed by atoms with van der Waals surface area (Å²) in [7, 11) is 6.67. The van der Waals surface area contributed by atoms with E-state index in [-0.39, 0.29) is 11.6 Å². The number of fused-ring (bicyclic) bond motifs is 1. The quantitative estimate of drug-likeness (QED) is 0.308. The molecule has 4 rings (SSSR count). The van der Waals surface area contributed by atoms with Crippen molar-refractivity contribution in [3.63, 3.8) is 0 Å². The van der Waals surface area contributed by atoms with Crippen LogP contribution in [0, 0.1) is 0 Å². The molecule has 0 fully saturated rings. The fourth-order valence-electron chi connectivity index (χ4n) is 4.19. The maximum atomic E-state index is 13.3. The number of para-hydroxylation sites is 1. The average Bonchev–Trinajstić information content (AvgIpc) is 3.27. The first-order valence-electron chi connectivity index (χ1n) is 12.1. The van der Waals surface area contributed by atoms with E-state index in [4.69, 9.17) is 14.2 Å². The van der Waals surface area contributed by atoms with Gasteiger partial charge < -0.3 is 29.4 Å². The molecule has 0 saturated heterocycles. The highest BCUT2D eigenvalue weighted by Crippen LogP contribution is 2.27. The second-order valence-electron chi connectivity index (χ2n) is 8.65.